The van der Waals surface area contributed by atoms with E-state index in [2.05, 4.69) is 4.98 Å². The first-order valence-corrected chi connectivity index (χ1v) is 9.21. The minimum atomic E-state index is -0.664. The molecule has 0 bridgehead atoms. The highest BCUT2D eigenvalue weighted by Crippen LogP contribution is 2.33. The minimum absolute atomic E-state index is 0.335. The largest absolute Gasteiger partial charge is 0.489 e. The Morgan fingerprint density at radius 3 is 2.66 bits per heavy atom. The number of hydrogen-bond donors (Lipinski definition) is 2. The van der Waals surface area contributed by atoms with Gasteiger partial charge in [0.15, 0.2) is 0 Å². The van der Waals surface area contributed by atoms with Gasteiger partial charge in [0.05, 0.1) is 10.0 Å². The van der Waals surface area contributed by atoms with Crippen LogP contribution in [0.2, 0.25) is 10.0 Å². The van der Waals surface area contributed by atoms with Crippen LogP contribution < -0.4 is 15.0 Å². The van der Waals surface area contributed by atoms with Crippen LogP contribution in [0.3, 0.4) is 0 Å². The fraction of sp³-hybridized carbons (Fsp3) is 0.0476. The fourth-order valence-electron chi connectivity index (χ4n) is 2.35. The highest BCUT2D eigenvalue weighted by molar-refractivity contribution is 6.42. The third-order valence-corrected chi connectivity index (χ3v) is 4.50. The van der Waals surface area contributed by atoms with Crippen molar-refractivity contribution >= 4 is 35.2 Å². The molecular weight excluding hydrogens is 415 g/mol. The molecule has 0 saturated carbocycles. The van der Waals surface area contributed by atoms with Gasteiger partial charge in [0.2, 0.25) is 0 Å². The number of hydroxylamine groups is 1. The molecule has 0 radical (unpaired) electrons. The van der Waals surface area contributed by atoms with Crippen LogP contribution in [-0.4, -0.2) is 16.1 Å². The van der Waals surface area contributed by atoms with E-state index in [0.717, 1.165) is 5.56 Å². The van der Waals surface area contributed by atoms with Gasteiger partial charge < -0.3 is 9.47 Å². The molecule has 6 nitrogen and oxygen atoms in total. The second-order valence-electron chi connectivity index (χ2n) is 5.84. The lowest BCUT2D eigenvalue weighted by atomic mass is 10.1. The molecule has 0 saturated heterocycles. The Morgan fingerprint density at radius 2 is 1.93 bits per heavy atom. The number of carbonyl (C=O) groups excluding carboxylic acids is 1. The van der Waals surface area contributed by atoms with Gasteiger partial charge in [-0.05, 0) is 36.4 Å². The van der Waals surface area contributed by atoms with Gasteiger partial charge in [0.1, 0.15) is 23.9 Å². The monoisotopic (exact) mass is 430 g/mol. The minimum Gasteiger partial charge on any atom is -0.489 e. The van der Waals surface area contributed by atoms with Crippen LogP contribution in [0.1, 0.15) is 11.1 Å². The molecule has 3 rings (SSSR count). The predicted molar refractivity (Wildman–Crippen MR) is 111 cm³/mol. The molecule has 0 aliphatic heterocycles. The Balaban J connectivity index is 1.86. The molecule has 1 heterocycles. The van der Waals surface area contributed by atoms with Crippen molar-refractivity contribution in [2.75, 3.05) is 0 Å². The maximum absolute atomic E-state index is 11.3. The van der Waals surface area contributed by atoms with Gasteiger partial charge >= 0.3 is 0 Å². The molecular formula is C21H16Cl2N2O4. The normalized spacial score (nSPS) is 10.7. The second kappa shape index (κ2) is 9.93. The third-order valence-electron chi connectivity index (χ3n) is 3.76. The van der Waals surface area contributed by atoms with Gasteiger partial charge in [0.25, 0.3) is 5.91 Å². The molecule has 2 aromatic carbocycles. The number of rotatable bonds is 7. The van der Waals surface area contributed by atoms with Crippen LogP contribution in [0.4, 0.5) is 0 Å². The van der Waals surface area contributed by atoms with Gasteiger partial charge in [-0.2, -0.15) is 0 Å². The number of pyridine rings is 1. The average Bonchev–Trinajstić information content (AvgIpc) is 2.74. The Bertz CT molecular complexity index is 1030. The van der Waals surface area contributed by atoms with Crippen molar-refractivity contribution < 1.29 is 19.5 Å². The first kappa shape index (κ1) is 20.7. The standard InChI is InChI=1S/C21H16Cl2N2O4/c22-18-7-6-17(10-19(18)23)29-20-11-16(28-13-14-2-1-9-24-12-14)5-3-15(20)4-8-21(26)25-27/h1-12,27H,13H2,(H,25,26). The number of carbonyl (C=O) groups is 1. The number of benzene rings is 2. The van der Waals surface area contributed by atoms with Crippen LogP contribution >= 0.6 is 23.2 Å². The van der Waals surface area contributed by atoms with E-state index in [0.29, 0.717) is 39.5 Å². The maximum atomic E-state index is 11.3. The van der Waals surface area contributed by atoms with Crippen LogP contribution in [-0.2, 0) is 11.4 Å². The van der Waals surface area contributed by atoms with E-state index in [1.165, 1.54) is 17.6 Å². The summed E-state index contributed by atoms with van der Waals surface area (Å²) in [7, 11) is 0. The van der Waals surface area contributed by atoms with Crippen molar-refractivity contribution in [2.45, 2.75) is 6.61 Å². The molecule has 0 atom stereocenters. The quantitative estimate of drug-likeness (QED) is 0.302. The van der Waals surface area contributed by atoms with E-state index in [-0.39, 0.29) is 0 Å². The third kappa shape index (κ3) is 5.96. The van der Waals surface area contributed by atoms with Crippen LogP contribution in [0.25, 0.3) is 6.08 Å². The zero-order valence-electron chi connectivity index (χ0n) is 15.0. The fourth-order valence-corrected chi connectivity index (χ4v) is 2.64. The van der Waals surface area contributed by atoms with E-state index in [1.807, 2.05) is 12.1 Å². The summed E-state index contributed by atoms with van der Waals surface area (Å²) < 4.78 is 11.7. The van der Waals surface area contributed by atoms with Gasteiger partial charge in [0, 0.05) is 41.7 Å². The van der Waals surface area contributed by atoms with Gasteiger partial charge in [-0.1, -0.05) is 29.3 Å². The summed E-state index contributed by atoms with van der Waals surface area (Å²) >= 11 is 12.0. The van der Waals surface area contributed by atoms with E-state index < -0.39 is 5.91 Å². The number of hydrogen-bond acceptors (Lipinski definition) is 5. The maximum Gasteiger partial charge on any atom is 0.267 e. The highest BCUT2D eigenvalue weighted by Gasteiger charge is 2.09. The average molecular weight is 431 g/mol. The number of amides is 1. The number of ether oxygens (including phenoxy) is 2. The highest BCUT2D eigenvalue weighted by atomic mass is 35.5. The first-order chi connectivity index (χ1) is 14.0. The molecule has 1 aromatic heterocycles. The Labute approximate surface area is 177 Å². The summed E-state index contributed by atoms with van der Waals surface area (Å²) in [5.74, 6) is 0.786. The van der Waals surface area contributed by atoms with Crippen molar-refractivity contribution in [1.82, 2.24) is 10.5 Å². The first-order valence-electron chi connectivity index (χ1n) is 8.46. The Hall–Kier alpha value is -3.06. The number of aromatic nitrogens is 1. The lowest BCUT2D eigenvalue weighted by Crippen LogP contribution is -2.14. The van der Waals surface area contributed by atoms with Crippen molar-refractivity contribution in [2.24, 2.45) is 0 Å². The number of nitrogens with zero attached hydrogens (tertiary/aromatic N) is 1. The topological polar surface area (TPSA) is 80.7 Å². The molecule has 148 valence electrons. The van der Waals surface area contributed by atoms with Crippen molar-refractivity contribution in [3.8, 4) is 17.2 Å². The zero-order valence-corrected chi connectivity index (χ0v) is 16.5. The van der Waals surface area contributed by atoms with Gasteiger partial charge in [-0.15, -0.1) is 0 Å². The zero-order chi connectivity index (χ0) is 20.6. The van der Waals surface area contributed by atoms with Crippen molar-refractivity contribution in [3.05, 3.63) is 88.2 Å². The van der Waals surface area contributed by atoms with E-state index in [4.69, 9.17) is 37.9 Å². The Morgan fingerprint density at radius 1 is 1.10 bits per heavy atom. The van der Waals surface area contributed by atoms with Crippen LogP contribution in [0.5, 0.6) is 17.2 Å². The number of halogens is 2. The summed E-state index contributed by atoms with van der Waals surface area (Å²) in [6.07, 6.45) is 6.09. The molecule has 0 fully saturated rings. The summed E-state index contributed by atoms with van der Waals surface area (Å²) in [6.45, 7) is 0.335. The molecule has 2 N–H and O–H groups in total. The predicted octanol–water partition coefficient (Wildman–Crippen LogP) is 5.28. The summed E-state index contributed by atoms with van der Waals surface area (Å²) in [4.78, 5) is 15.4. The SMILES string of the molecule is O=C(C=Cc1ccc(OCc2cccnc2)cc1Oc1ccc(Cl)c(Cl)c1)NO. The molecule has 1 amide bonds. The molecule has 8 heteroatoms. The van der Waals surface area contributed by atoms with Crippen molar-refractivity contribution in [1.29, 1.82) is 0 Å². The molecule has 29 heavy (non-hydrogen) atoms. The Kier molecular flexibility index (Phi) is 7.08. The number of nitrogens with one attached hydrogen (secondary N) is 1. The van der Waals surface area contributed by atoms with E-state index in [9.17, 15) is 4.79 Å². The molecule has 0 aliphatic rings. The molecule has 0 spiro atoms. The second-order valence-corrected chi connectivity index (χ2v) is 6.65. The summed E-state index contributed by atoms with van der Waals surface area (Å²) in [5, 5.41) is 9.42. The molecule has 0 aliphatic carbocycles. The smallest absolute Gasteiger partial charge is 0.267 e. The van der Waals surface area contributed by atoms with Crippen LogP contribution in [0.15, 0.2) is 67.0 Å². The van der Waals surface area contributed by atoms with E-state index in [1.54, 1.807) is 48.8 Å². The lowest BCUT2D eigenvalue weighted by Gasteiger charge is -2.13. The lowest BCUT2D eigenvalue weighted by molar-refractivity contribution is -0.124. The van der Waals surface area contributed by atoms with Crippen molar-refractivity contribution in [3.63, 3.8) is 0 Å². The summed E-state index contributed by atoms with van der Waals surface area (Å²) in [5.41, 5.74) is 3.05. The van der Waals surface area contributed by atoms with Gasteiger partial charge in [-0.3, -0.25) is 15.0 Å². The molecule has 0 unspecified atom stereocenters. The summed E-state index contributed by atoms with van der Waals surface area (Å²) in [6, 6.07) is 13.8. The van der Waals surface area contributed by atoms with Crippen LogP contribution in [0, 0.1) is 0 Å². The van der Waals surface area contributed by atoms with Gasteiger partial charge in [-0.25, -0.2) is 5.48 Å². The molecule has 3 aromatic rings. The van der Waals surface area contributed by atoms with E-state index >= 15 is 0 Å².